The van der Waals surface area contributed by atoms with Crippen molar-refractivity contribution < 1.29 is 9.32 Å². The fourth-order valence-electron chi connectivity index (χ4n) is 0.451. The Hall–Kier alpha value is -0.640. The smallest absolute Gasteiger partial charge is 0.165 e. The van der Waals surface area contributed by atoms with Gasteiger partial charge in [0.2, 0.25) is 0 Å². The van der Waals surface area contributed by atoms with Crippen molar-refractivity contribution >= 4 is 21.7 Å². The van der Waals surface area contributed by atoms with Gasteiger partial charge in [0, 0.05) is 0 Å². The second-order valence-electron chi connectivity index (χ2n) is 1.58. The number of carbonyl (C=O) groups excluding carboxylic acids is 1. The van der Waals surface area contributed by atoms with Crippen molar-refractivity contribution in [3.05, 3.63) is 16.4 Å². The molecule has 3 nitrogen and oxygen atoms in total. The van der Waals surface area contributed by atoms with Crippen LogP contribution in [-0.2, 0) is 0 Å². The molecule has 1 rings (SSSR count). The first-order valence-corrected chi connectivity index (χ1v) is 3.12. The van der Waals surface area contributed by atoms with E-state index in [2.05, 4.69) is 25.6 Å². The first-order chi connectivity index (χ1) is 4.22. The highest BCUT2D eigenvalue weighted by molar-refractivity contribution is 9.10. The predicted molar refractivity (Wildman–Crippen MR) is 34.2 cm³/mol. The Morgan fingerprint density at radius 2 is 2.56 bits per heavy atom. The van der Waals surface area contributed by atoms with Crippen molar-refractivity contribution in [1.29, 1.82) is 0 Å². The Labute approximate surface area is 60.2 Å². The van der Waals surface area contributed by atoms with Crippen molar-refractivity contribution in [2.24, 2.45) is 0 Å². The Bertz CT molecular complexity index is 231. The molecular formula is C5H4BrNO2. The maximum atomic E-state index is 10.6. The van der Waals surface area contributed by atoms with E-state index in [1.165, 1.54) is 13.2 Å². The zero-order chi connectivity index (χ0) is 6.85. The molecule has 0 unspecified atom stereocenters. The van der Waals surface area contributed by atoms with E-state index in [4.69, 9.17) is 0 Å². The summed E-state index contributed by atoms with van der Waals surface area (Å²) in [6.07, 6.45) is 1.31. The number of Topliss-reactive ketones (excluding diaryl/α,β-unsaturated/α-hetero) is 1. The number of aromatic nitrogens is 1. The SMILES string of the molecule is CC(=O)c1conc1Br. The molecule has 0 fully saturated rings. The Morgan fingerprint density at radius 3 is 2.78 bits per heavy atom. The van der Waals surface area contributed by atoms with Crippen LogP contribution < -0.4 is 0 Å². The largest absolute Gasteiger partial charge is 0.363 e. The highest BCUT2D eigenvalue weighted by Gasteiger charge is 2.07. The van der Waals surface area contributed by atoms with Crippen molar-refractivity contribution in [1.82, 2.24) is 5.16 Å². The highest BCUT2D eigenvalue weighted by atomic mass is 79.9. The van der Waals surface area contributed by atoms with Gasteiger partial charge >= 0.3 is 0 Å². The molecule has 1 aromatic rings. The Morgan fingerprint density at radius 1 is 1.89 bits per heavy atom. The Kier molecular flexibility index (Phi) is 1.66. The van der Waals surface area contributed by atoms with Crippen LogP contribution >= 0.6 is 15.9 Å². The second kappa shape index (κ2) is 2.31. The minimum Gasteiger partial charge on any atom is -0.363 e. The fourth-order valence-corrected chi connectivity index (χ4v) is 0.908. The van der Waals surface area contributed by atoms with E-state index in [0.29, 0.717) is 10.2 Å². The molecule has 48 valence electrons. The lowest BCUT2D eigenvalue weighted by atomic mass is 10.3. The van der Waals surface area contributed by atoms with Crippen LogP contribution in [0.3, 0.4) is 0 Å². The molecule has 0 saturated carbocycles. The molecule has 0 N–H and O–H groups in total. The molecule has 4 heteroatoms. The van der Waals surface area contributed by atoms with Gasteiger partial charge in [-0.1, -0.05) is 5.16 Å². The van der Waals surface area contributed by atoms with Crippen LogP contribution in [0.2, 0.25) is 0 Å². The first-order valence-electron chi connectivity index (χ1n) is 2.32. The average molecular weight is 190 g/mol. The molecule has 0 aromatic carbocycles. The number of ketones is 1. The minimum absolute atomic E-state index is 0.0527. The topological polar surface area (TPSA) is 43.1 Å². The molecule has 0 aliphatic heterocycles. The van der Waals surface area contributed by atoms with Gasteiger partial charge in [0.15, 0.2) is 10.4 Å². The number of rotatable bonds is 1. The summed E-state index contributed by atoms with van der Waals surface area (Å²) in [7, 11) is 0. The van der Waals surface area contributed by atoms with Gasteiger partial charge in [-0.15, -0.1) is 0 Å². The van der Waals surface area contributed by atoms with Crippen molar-refractivity contribution in [2.75, 3.05) is 0 Å². The van der Waals surface area contributed by atoms with Gasteiger partial charge in [0.05, 0.1) is 5.56 Å². The van der Waals surface area contributed by atoms with Crippen molar-refractivity contribution in [3.63, 3.8) is 0 Å². The lowest BCUT2D eigenvalue weighted by molar-refractivity contribution is 0.101. The summed E-state index contributed by atoms with van der Waals surface area (Å²) in [5, 5.41) is 3.46. The van der Waals surface area contributed by atoms with Crippen LogP contribution in [0, 0.1) is 0 Å². The third-order valence-electron chi connectivity index (χ3n) is 0.905. The van der Waals surface area contributed by atoms with E-state index in [1.54, 1.807) is 0 Å². The molecule has 0 radical (unpaired) electrons. The lowest BCUT2D eigenvalue weighted by Crippen LogP contribution is -1.88. The summed E-state index contributed by atoms with van der Waals surface area (Å²) in [5.41, 5.74) is 0.481. The number of hydrogen-bond acceptors (Lipinski definition) is 3. The third kappa shape index (κ3) is 1.18. The van der Waals surface area contributed by atoms with Crippen LogP contribution in [0.5, 0.6) is 0 Å². The maximum absolute atomic E-state index is 10.6. The Balaban J connectivity index is 3.08. The summed E-state index contributed by atoms with van der Waals surface area (Å²) >= 11 is 3.04. The molecule has 0 spiro atoms. The normalized spacial score (nSPS) is 9.56. The summed E-state index contributed by atoms with van der Waals surface area (Å²) in [4.78, 5) is 10.6. The van der Waals surface area contributed by atoms with E-state index in [9.17, 15) is 4.79 Å². The van der Waals surface area contributed by atoms with E-state index in [1.807, 2.05) is 0 Å². The van der Waals surface area contributed by atoms with Gasteiger partial charge in [-0.05, 0) is 22.9 Å². The van der Waals surface area contributed by atoms with Gasteiger partial charge in [0.1, 0.15) is 6.26 Å². The monoisotopic (exact) mass is 189 g/mol. The van der Waals surface area contributed by atoms with Gasteiger partial charge in [-0.3, -0.25) is 4.79 Å². The number of hydrogen-bond donors (Lipinski definition) is 0. The van der Waals surface area contributed by atoms with Gasteiger partial charge < -0.3 is 4.52 Å². The molecule has 0 bridgehead atoms. The summed E-state index contributed by atoms with van der Waals surface area (Å²) in [6.45, 7) is 1.46. The molecule has 0 aliphatic carbocycles. The van der Waals surface area contributed by atoms with E-state index in [-0.39, 0.29) is 5.78 Å². The van der Waals surface area contributed by atoms with Gasteiger partial charge in [0.25, 0.3) is 0 Å². The van der Waals surface area contributed by atoms with Crippen LogP contribution in [-0.4, -0.2) is 10.9 Å². The van der Waals surface area contributed by atoms with Gasteiger partial charge in [-0.25, -0.2) is 0 Å². The second-order valence-corrected chi connectivity index (χ2v) is 2.33. The van der Waals surface area contributed by atoms with Crippen LogP contribution in [0.15, 0.2) is 15.4 Å². The molecule has 1 aromatic heterocycles. The summed E-state index contributed by atoms with van der Waals surface area (Å²) in [5.74, 6) is -0.0527. The zero-order valence-corrected chi connectivity index (χ0v) is 6.31. The number of halogens is 1. The molecular weight excluding hydrogens is 186 g/mol. The van der Waals surface area contributed by atoms with E-state index < -0.39 is 0 Å². The average Bonchev–Trinajstić information content (AvgIpc) is 2.13. The molecule has 9 heavy (non-hydrogen) atoms. The molecule has 0 aliphatic rings. The fraction of sp³-hybridized carbons (Fsp3) is 0.200. The summed E-state index contributed by atoms with van der Waals surface area (Å²) in [6, 6.07) is 0. The van der Waals surface area contributed by atoms with Crippen LogP contribution in [0.4, 0.5) is 0 Å². The molecule has 1 heterocycles. The maximum Gasteiger partial charge on any atom is 0.165 e. The lowest BCUT2D eigenvalue weighted by Gasteiger charge is -1.81. The standard InChI is InChI=1S/C5H4BrNO2/c1-3(8)4-2-9-7-5(4)6/h2H,1H3. The number of nitrogens with zero attached hydrogens (tertiary/aromatic N) is 1. The summed E-state index contributed by atoms with van der Waals surface area (Å²) < 4.78 is 4.96. The van der Waals surface area contributed by atoms with Crippen LogP contribution in [0.1, 0.15) is 17.3 Å². The van der Waals surface area contributed by atoms with E-state index in [0.717, 1.165) is 0 Å². The van der Waals surface area contributed by atoms with E-state index >= 15 is 0 Å². The molecule has 0 saturated heterocycles. The molecule has 0 atom stereocenters. The van der Waals surface area contributed by atoms with Crippen molar-refractivity contribution in [2.45, 2.75) is 6.92 Å². The zero-order valence-electron chi connectivity index (χ0n) is 4.72. The molecule has 0 amide bonds. The predicted octanol–water partition coefficient (Wildman–Crippen LogP) is 1.64. The van der Waals surface area contributed by atoms with Crippen LogP contribution in [0.25, 0.3) is 0 Å². The minimum atomic E-state index is -0.0527. The quantitative estimate of drug-likeness (QED) is 0.632. The highest BCUT2D eigenvalue weighted by Crippen LogP contribution is 2.13. The first kappa shape index (κ1) is 6.48. The van der Waals surface area contributed by atoms with Crippen molar-refractivity contribution in [3.8, 4) is 0 Å². The third-order valence-corrected chi connectivity index (χ3v) is 1.48. The van der Waals surface area contributed by atoms with Gasteiger partial charge in [-0.2, -0.15) is 0 Å². The number of carbonyl (C=O) groups is 1.